The van der Waals surface area contributed by atoms with Crippen molar-refractivity contribution in [3.05, 3.63) is 41.2 Å². The number of hydrogen-bond acceptors (Lipinski definition) is 4. The molecule has 0 radical (unpaired) electrons. The van der Waals surface area contributed by atoms with Crippen LogP contribution in [0.5, 0.6) is 0 Å². The van der Waals surface area contributed by atoms with Crippen molar-refractivity contribution in [2.45, 2.75) is 32.3 Å². The van der Waals surface area contributed by atoms with Crippen LogP contribution in [-0.4, -0.2) is 36.7 Å². The molecular formula is C16H20ClN3O3S. The van der Waals surface area contributed by atoms with Gasteiger partial charge in [0, 0.05) is 6.61 Å². The monoisotopic (exact) mass is 369 g/mol. The largest absolute Gasteiger partial charge is 0.377 e. The van der Waals surface area contributed by atoms with Crippen LogP contribution in [0.4, 0.5) is 5.69 Å². The highest BCUT2D eigenvalue weighted by Gasteiger charge is 2.25. The van der Waals surface area contributed by atoms with E-state index in [1.54, 1.807) is 10.7 Å². The van der Waals surface area contributed by atoms with Gasteiger partial charge in [-0.2, -0.15) is 5.10 Å². The molecule has 0 aliphatic carbocycles. The Morgan fingerprint density at radius 1 is 1.42 bits per heavy atom. The summed E-state index contributed by atoms with van der Waals surface area (Å²) in [6, 6.07) is 7.33. The minimum atomic E-state index is -3.49. The predicted molar refractivity (Wildman–Crippen MR) is 94.3 cm³/mol. The summed E-state index contributed by atoms with van der Waals surface area (Å²) >= 11 is 6.23. The molecule has 0 unspecified atom stereocenters. The van der Waals surface area contributed by atoms with Gasteiger partial charge < -0.3 is 4.74 Å². The van der Waals surface area contributed by atoms with Crippen LogP contribution < -0.4 is 4.72 Å². The number of ether oxygens (including phenoxy) is 1. The molecule has 8 heteroatoms. The number of nitrogens with one attached hydrogen (secondary N) is 1. The summed E-state index contributed by atoms with van der Waals surface area (Å²) in [5, 5.41) is 4.87. The van der Waals surface area contributed by atoms with E-state index in [2.05, 4.69) is 9.82 Å². The van der Waals surface area contributed by atoms with Crippen molar-refractivity contribution in [2.75, 3.05) is 17.1 Å². The third kappa shape index (κ3) is 3.74. The fourth-order valence-corrected chi connectivity index (χ4v) is 4.42. The molecule has 1 saturated heterocycles. The van der Waals surface area contributed by atoms with E-state index < -0.39 is 10.0 Å². The van der Waals surface area contributed by atoms with Crippen molar-refractivity contribution in [3.63, 3.8) is 0 Å². The highest BCUT2D eigenvalue weighted by atomic mass is 35.5. The first-order chi connectivity index (χ1) is 11.5. The molecule has 2 aromatic rings. The molecular weight excluding hydrogens is 350 g/mol. The number of rotatable bonds is 6. The number of sulfonamides is 1. The first-order valence-corrected chi connectivity index (χ1v) is 9.97. The van der Waals surface area contributed by atoms with Crippen molar-refractivity contribution < 1.29 is 13.2 Å². The maximum absolute atomic E-state index is 12.4. The first-order valence-electron chi connectivity index (χ1n) is 7.94. The smallest absolute Gasteiger partial charge is 0.235 e. The summed E-state index contributed by atoms with van der Waals surface area (Å²) in [4.78, 5) is 0. The molecule has 0 saturated carbocycles. The zero-order valence-electron chi connectivity index (χ0n) is 13.4. The van der Waals surface area contributed by atoms with Crippen LogP contribution in [0, 0.1) is 0 Å². The normalized spacial score (nSPS) is 18.0. The van der Waals surface area contributed by atoms with Crippen molar-refractivity contribution in [2.24, 2.45) is 0 Å². The predicted octanol–water partition coefficient (Wildman–Crippen LogP) is 3.01. The van der Waals surface area contributed by atoms with E-state index in [0.717, 1.165) is 24.2 Å². The third-order valence-corrected chi connectivity index (χ3v) is 5.64. The SMILES string of the molecule is CCc1c(NS(=O)(=O)C[C@@H]2CCCO2)cnn1-c1ccccc1Cl. The molecule has 1 aliphatic rings. The van der Waals surface area contributed by atoms with Crippen molar-refractivity contribution >= 4 is 27.3 Å². The minimum Gasteiger partial charge on any atom is -0.377 e. The average molecular weight is 370 g/mol. The van der Waals surface area contributed by atoms with Crippen LogP contribution in [0.1, 0.15) is 25.5 Å². The number of anilines is 1. The molecule has 1 aliphatic heterocycles. The Labute approximate surface area is 146 Å². The van der Waals surface area contributed by atoms with Crippen molar-refractivity contribution in [1.82, 2.24) is 9.78 Å². The fraction of sp³-hybridized carbons (Fsp3) is 0.438. The van der Waals surface area contributed by atoms with Crippen LogP contribution >= 0.6 is 11.6 Å². The number of hydrogen-bond donors (Lipinski definition) is 1. The third-order valence-electron chi connectivity index (χ3n) is 3.98. The van der Waals surface area contributed by atoms with Gasteiger partial charge in [0.05, 0.1) is 40.1 Å². The van der Waals surface area contributed by atoms with Gasteiger partial charge in [-0.1, -0.05) is 30.7 Å². The molecule has 24 heavy (non-hydrogen) atoms. The van der Waals surface area contributed by atoms with E-state index in [9.17, 15) is 8.42 Å². The van der Waals surface area contributed by atoms with Crippen LogP contribution in [0.3, 0.4) is 0 Å². The molecule has 3 rings (SSSR count). The Hall–Kier alpha value is -1.57. The van der Waals surface area contributed by atoms with E-state index >= 15 is 0 Å². The Bertz CT molecular complexity index is 814. The standard InChI is InChI=1S/C16H20ClN3O3S/c1-2-15-14(19-24(21,22)11-12-6-5-9-23-12)10-18-20(15)16-8-4-3-7-13(16)17/h3-4,7-8,10,12,19H,2,5-6,9,11H2,1H3/t12-/m0/s1. The lowest BCUT2D eigenvalue weighted by molar-refractivity contribution is 0.127. The molecule has 0 amide bonds. The topological polar surface area (TPSA) is 73.2 Å². The Morgan fingerprint density at radius 3 is 2.88 bits per heavy atom. The van der Waals surface area contributed by atoms with Gasteiger partial charge in [-0.15, -0.1) is 0 Å². The van der Waals surface area contributed by atoms with Crippen LogP contribution in [0.15, 0.2) is 30.5 Å². The zero-order chi connectivity index (χ0) is 17.2. The van der Waals surface area contributed by atoms with E-state index in [-0.39, 0.29) is 11.9 Å². The number of benzene rings is 1. The van der Waals surface area contributed by atoms with Gasteiger partial charge in [0.1, 0.15) is 0 Å². The van der Waals surface area contributed by atoms with E-state index in [1.165, 1.54) is 6.20 Å². The molecule has 6 nitrogen and oxygen atoms in total. The van der Waals surface area contributed by atoms with Gasteiger partial charge in [-0.05, 0) is 31.4 Å². The van der Waals surface area contributed by atoms with Gasteiger partial charge in [0.25, 0.3) is 0 Å². The maximum Gasteiger partial charge on any atom is 0.235 e. The highest BCUT2D eigenvalue weighted by molar-refractivity contribution is 7.92. The molecule has 2 heterocycles. The fourth-order valence-electron chi connectivity index (χ4n) is 2.86. The van der Waals surface area contributed by atoms with E-state index in [0.29, 0.717) is 23.7 Å². The van der Waals surface area contributed by atoms with E-state index in [1.807, 2.05) is 25.1 Å². The molecule has 0 spiro atoms. The molecule has 1 aromatic heterocycles. The lowest BCUT2D eigenvalue weighted by Crippen LogP contribution is -2.26. The van der Waals surface area contributed by atoms with Crippen LogP contribution in [0.2, 0.25) is 5.02 Å². The lowest BCUT2D eigenvalue weighted by Gasteiger charge is -2.13. The molecule has 1 aromatic carbocycles. The average Bonchev–Trinajstić information content (AvgIpc) is 3.16. The van der Waals surface area contributed by atoms with Gasteiger partial charge in [0.15, 0.2) is 0 Å². The summed E-state index contributed by atoms with van der Waals surface area (Å²) < 4.78 is 34.5. The second-order valence-corrected chi connectivity index (χ2v) is 7.91. The van der Waals surface area contributed by atoms with Crippen molar-refractivity contribution in [1.29, 1.82) is 0 Å². The molecule has 0 bridgehead atoms. The van der Waals surface area contributed by atoms with Gasteiger partial charge in [-0.25, -0.2) is 13.1 Å². The van der Waals surface area contributed by atoms with Gasteiger partial charge >= 0.3 is 0 Å². The summed E-state index contributed by atoms with van der Waals surface area (Å²) in [5.41, 5.74) is 1.97. The molecule has 1 fully saturated rings. The Balaban J connectivity index is 1.85. The summed E-state index contributed by atoms with van der Waals surface area (Å²) in [5.74, 6) is -0.0343. The van der Waals surface area contributed by atoms with Crippen molar-refractivity contribution in [3.8, 4) is 5.69 Å². The maximum atomic E-state index is 12.4. The zero-order valence-corrected chi connectivity index (χ0v) is 15.0. The number of nitrogens with zero attached hydrogens (tertiary/aromatic N) is 2. The lowest BCUT2D eigenvalue weighted by atomic mass is 10.2. The molecule has 1 atom stereocenters. The highest BCUT2D eigenvalue weighted by Crippen LogP contribution is 2.26. The Kier molecular flexibility index (Phi) is 5.12. The second-order valence-electron chi connectivity index (χ2n) is 5.74. The van der Waals surface area contributed by atoms with Gasteiger partial charge in [-0.3, -0.25) is 4.72 Å². The van der Waals surface area contributed by atoms with Crippen LogP contribution in [-0.2, 0) is 21.2 Å². The number of aromatic nitrogens is 2. The van der Waals surface area contributed by atoms with Crippen LogP contribution in [0.25, 0.3) is 5.69 Å². The second kappa shape index (κ2) is 7.13. The summed E-state index contributed by atoms with van der Waals surface area (Å²) in [6.07, 6.45) is 3.59. The van der Waals surface area contributed by atoms with Gasteiger partial charge in [0.2, 0.25) is 10.0 Å². The quantitative estimate of drug-likeness (QED) is 0.849. The summed E-state index contributed by atoms with van der Waals surface area (Å²) in [6.45, 7) is 2.58. The number of halogens is 1. The van der Waals surface area contributed by atoms with E-state index in [4.69, 9.17) is 16.3 Å². The summed E-state index contributed by atoms with van der Waals surface area (Å²) in [7, 11) is -3.49. The first kappa shape index (κ1) is 17.3. The Morgan fingerprint density at radius 2 is 2.21 bits per heavy atom. The number of para-hydroxylation sites is 1. The molecule has 1 N–H and O–H groups in total. The molecule has 130 valence electrons. The minimum absolute atomic E-state index is 0.0343.